The second-order valence-corrected chi connectivity index (χ2v) is 13.4. The Labute approximate surface area is 239 Å². The number of fused-ring (bicyclic) bond motifs is 4. The Morgan fingerprint density at radius 3 is 1.88 bits per heavy atom. The molecule has 1 aliphatic heterocycles. The normalized spacial score (nSPS) is 25.4. The van der Waals surface area contributed by atoms with Gasteiger partial charge in [-0.2, -0.15) is 0 Å². The second kappa shape index (κ2) is 8.93. The molecular weight excluding hydrogens is 486 g/mol. The lowest BCUT2D eigenvalue weighted by molar-refractivity contribution is 0.197. The summed E-state index contributed by atoms with van der Waals surface area (Å²) in [4.78, 5) is 5.40. The molecule has 202 valence electrons. The van der Waals surface area contributed by atoms with Crippen molar-refractivity contribution < 1.29 is 4.74 Å². The fourth-order valence-corrected chi connectivity index (χ4v) is 8.41. The number of hydrogen-bond acceptors (Lipinski definition) is 2. The Hall–Kier alpha value is -3.65. The van der Waals surface area contributed by atoms with E-state index in [1.807, 2.05) is 0 Å². The molecule has 2 aliphatic carbocycles. The van der Waals surface area contributed by atoms with Crippen molar-refractivity contribution in [1.29, 1.82) is 0 Å². The van der Waals surface area contributed by atoms with Crippen molar-refractivity contribution in [3.05, 3.63) is 142 Å². The van der Waals surface area contributed by atoms with Crippen LogP contribution in [0.5, 0.6) is 0 Å². The van der Waals surface area contributed by atoms with Gasteiger partial charge in [-0.15, -0.1) is 0 Å². The van der Waals surface area contributed by atoms with Crippen LogP contribution in [-0.4, -0.2) is 5.90 Å². The lowest BCUT2D eigenvalue weighted by Gasteiger charge is -2.33. The van der Waals surface area contributed by atoms with Gasteiger partial charge in [0.15, 0.2) is 6.10 Å². The highest BCUT2D eigenvalue weighted by molar-refractivity contribution is 5.98. The molecule has 7 rings (SSSR count). The maximum atomic E-state index is 6.94. The monoisotopic (exact) mass is 525 g/mol. The van der Waals surface area contributed by atoms with Crippen LogP contribution in [0.25, 0.3) is 0 Å². The summed E-state index contributed by atoms with van der Waals surface area (Å²) in [5.41, 5.74) is 11.1. The number of ether oxygens (including phenoxy) is 1. The van der Waals surface area contributed by atoms with Crippen molar-refractivity contribution in [3.8, 4) is 0 Å². The maximum absolute atomic E-state index is 6.94. The molecule has 1 heterocycles. The van der Waals surface area contributed by atoms with Crippen molar-refractivity contribution in [1.82, 2.24) is 0 Å². The minimum absolute atomic E-state index is 0.0557. The van der Waals surface area contributed by atoms with Gasteiger partial charge in [-0.3, -0.25) is 0 Å². The second-order valence-electron chi connectivity index (χ2n) is 13.4. The van der Waals surface area contributed by atoms with Crippen LogP contribution < -0.4 is 0 Å². The number of hydrogen-bond donors (Lipinski definition) is 0. The van der Waals surface area contributed by atoms with Gasteiger partial charge in [0.05, 0.1) is 0 Å². The molecule has 0 amide bonds. The number of rotatable bonds is 4. The van der Waals surface area contributed by atoms with E-state index in [2.05, 4.69) is 132 Å². The van der Waals surface area contributed by atoms with Crippen LogP contribution in [0.1, 0.15) is 104 Å². The van der Waals surface area contributed by atoms with E-state index >= 15 is 0 Å². The summed E-state index contributed by atoms with van der Waals surface area (Å²) >= 11 is 0. The molecule has 2 nitrogen and oxygen atoms in total. The molecule has 0 N–H and O–H groups in total. The summed E-state index contributed by atoms with van der Waals surface area (Å²) in [5, 5.41) is 0. The first-order valence-corrected chi connectivity index (χ1v) is 14.9. The first-order chi connectivity index (χ1) is 19.2. The van der Waals surface area contributed by atoms with E-state index in [1.54, 1.807) is 5.56 Å². The van der Waals surface area contributed by atoms with Gasteiger partial charge >= 0.3 is 0 Å². The van der Waals surface area contributed by atoms with Gasteiger partial charge in [-0.1, -0.05) is 126 Å². The van der Waals surface area contributed by atoms with E-state index in [1.165, 1.54) is 38.9 Å². The molecule has 40 heavy (non-hydrogen) atoms. The number of benzene rings is 4. The average molecular weight is 526 g/mol. The molecule has 0 saturated carbocycles. The van der Waals surface area contributed by atoms with Gasteiger partial charge in [-0.25, -0.2) is 4.99 Å². The molecular formula is C38H39NO. The van der Waals surface area contributed by atoms with Gasteiger partial charge < -0.3 is 4.74 Å². The molecule has 3 aliphatic rings. The SMILES string of the molecule is CCc1cccc2c1[C@]1(CC2(C)C)CC(C)(C)c2cccc(C3=N[C@@H](c4ccccc4)[C@H](c4ccccc4)O3)c21. The Morgan fingerprint density at radius 2 is 1.25 bits per heavy atom. The predicted octanol–water partition coefficient (Wildman–Crippen LogP) is 9.16. The molecule has 0 saturated heterocycles. The minimum atomic E-state index is -0.154. The van der Waals surface area contributed by atoms with Crippen LogP contribution in [0.4, 0.5) is 0 Å². The van der Waals surface area contributed by atoms with E-state index in [-0.39, 0.29) is 28.4 Å². The summed E-state index contributed by atoms with van der Waals surface area (Å²) in [7, 11) is 0. The Balaban J connectivity index is 1.45. The van der Waals surface area contributed by atoms with Crippen LogP contribution in [-0.2, 0) is 27.4 Å². The van der Waals surface area contributed by atoms with E-state index in [0.29, 0.717) is 0 Å². The maximum Gasteiger partial charge on any atom is 0.217 e. The largest absolute Gasteiger partial charge is 0.467 e. The van der Waals surface area contributed by atoms with E-state index < -0.39 is 0 Å². The molecule has 3 atom stereocenters. The van der Waals surface area contributed by atoms with Crippen LogP contribution in [0.2, 0.25) is 0 Å². The van der Waals surface area contributed by atoms with Gasteiger partial charge in [0.1, 0.15) is 6.04 Å². The van der Waals surface area contributed by atoms with E-state index in [0.717, 1.165) is 25.2 Å². The highest BCUT2D eigenvalue weighted by Crippen LogP contribution is 2.64. The quantitative estimate of drug-likeness (QED) is 0.260. The predicted molar refractivity (Wildman–Crippen MR) is 164 cm³/mol. The fourth-order valence-electron chi connectivity index (χ4n) is 8.41. The highest BCUT2D eigenvalue weighted by Gasteiger charge is 2.58. The van der Waals surface area contributed by atoms with Crippen molar-refractivity contribution in [2.24, 2.45) is 4.99 Å². The lowest BCUT2D eigenvalue weighted by atomic mass is 9.70. The van der Waals surface area contributed by atoms with Gasteiger partial charge in [0, 0.05) is 11.0 Å². The van der Waals surface area contributed by atoms with Crippen LogP contribution in [0.15, 0.2) is 102 Å². The van der Waals surface area contributed by atoms with E-state index in [4.69, 9.17) is 9.73 Å². The molecule has 4 aromatic carbocycles. The smallest absolute Gasteiger partial charge is 0.217 e. The summed E-state index contributed by atoms with van der Waals surface area (Å²) in [6, 6.07) is 35.0. The third kappa shape index (κ3) is 3.65. The molecule has 4 aromatic rings. The zero-order chi connectivity index (χ0) is 27.7. The standard InChI is InChI=1S/C38H39NO/c1-6-25-19-13-21-29-31(25)38(23-36(29,2)3)24-37(4,5)30-22-14-20-28(32(30)38)35-39-33(26-15-9-7-10-16-26)34(40-35)27-17-11-8-12-18-27/h7-22,33-34H,6,23-24H2,1-5H3/t33-,34-,38-/m0/s1. The van der Waals surface area contributed by atoms with Crippen molar-refractivity contribution in [3.63, 3.8) is 0 Å². The summed E-state index contributed by atoms with van der Waals surface area (Å²) in [6.07, 6.45) is 3.11. The number of aliphatic imine (C=N–C) groups is 1. The summed E-state index contributed by atoms with van der Waals surface area (Å²) in [6.45, 7) is 12.0. The minimum Gasteiger partial charge on any atom is -0.467 e. The van der Waals surface area contributed by atoms with Crippen LogP contribution in [0, 0.1) is 0 Å². The van der Waals surface area contributed by atoms with Crippen LogP contribution >= 0.6 is 0 Å². The molecule has 0 unspecified atom stereocenters. The Kier molecular flexibility index (Phi) is 5.65. The molecule has 1 spiro atoms. The first kappa shape index (κ1) is 25.3. The molecule has 0 bridgehead atoms. The molecule has 0 aromatic heterocycles. The lowest BCUT2D eigenvalue weighted by Crippen LogP contribution is -2.29. The van der Waals surface area contributed by atoms with Crippen LogP contribution in [0.3, 0.4) is 0 Å². The number of nitrogens with zero attached hydrogens (tertiary/aromatic N) is 1. The molecule has 0 fully saturated rings. The van der Waals surface area contributed by atoms with Crippen molar-refractivity contribution >= 4 is 5.90 Å². The Bertz CT molecular complexity index is 1610. The average Bonchev–Trinajstić information content (AvgIpc) is 3.58. The Morgan fingerprint density at radius 1 is 0.675 bits per heavy atom. The number of aryl methyl sites for hydroxylation is 1. The third-order valence-electron chi connectivity index (χ3n) is 9.78. The van der Waals surface area contributed by atoms with Gasteiger partial charge in [0.2, 0.25) is 5.90 Å². The van der Waals surface area contributed by atoms with Crippen molar-refractivity contribution in [2.75, 3.05) is 0 Å². The molecule has 2 heteroatoms. The summed E-state index contributed by atoms with van der Waals surface area (Å²) < 4.78 is 6.94. The van der Waals surface area contributed by atoms with Gasteiger partial charge in [0.25, 0.3) is 0 Å². The zero-order valence-corrected chi connectivity index (χ0v) is 24.4. The zero-order valence-electron chi connectivity index (χ0n) is 24.4. The first-order valence-electron chi connectivity index (χ1n) is 14.9. The van der Waals surface area contributed by atoms with Crippen molar-refractivity contribution in [2.45, 2.75) is 82.3 Å². The van der Waals surface area contributed by atoms with E-state index in [9.17, 15) is 0 Å². The molecule has 0 radical (unpaired) electrons. The topological polar surface area (TPSA) is 21.6 Å². The highest BCUT2D eigenvalue weighted by atomic mass is 16.5. The van der Waals surface area contributed by atoms with Gasteiger partial charge in [-0.05, 0) is 75.1 Å². The summed E-state index contributed by atoms with van der Waals surface area (Å²) in [5.74, 6) is 0.789. The fraction of sp³-hybridized carbons (Fsp3) is 0.342. The third-order valence-corrected chi connectivity index (χ3v) is 9.78.